The molecule has 1 saturated carbocycles. The smallest absolute Gasteiger partial charge is 0.114 e. The SMILES string of the molecule is COC.COC1[C@@H](O)[C@@H](O)C(O)[C@H](O)[C@H]1O. The summed E-state index contributed by atoms with van der Waals surface area (Å²) in [5.41, 5.74) is 0. The van der Waals surface area contributed by atoms with Crippen molar-refractivity contribution in [2.75, 3.05) is 21.3 Å². The zero-order valence-corrected chi connectivity index (χ0v) is 9.52. The molecule has 0 bridgehead atoms. The molecule has 0 aromatic carbocycles. The van der Waals surface area contributed by atoms with Gasteiger partial charge in [-0.2, -0.15) is 0 Å². The molecule has 1 rings (SSSR count). The number of hydrogen-bond donors (Lipinski definition) is 5. The Balaban J connectivity index is 0.000000673. The van der Waals surface area contributed by atoms with Crippen LogP contribution in [0.2, 0.25) is 0 Å². The number of rotatable bonds is 1. The molecule has 7 nitrogen and oxygen atoms in total. The molecule has 0 saturated heterocycles. The van der Waals surface area contributed by atoms with E-state index in [1.54, 1.807) is 14.2 Å². The maximum Gasteiger partial charge on any atom is 0.114 e. The van der Waals surface area contributed by atoms with Gasteiger partial charge in [0.1, 0.15) is 36.6 Å². The monoisotopic (exact) mass is 240 g/mol. The predicted octanol–water partition coefficient (Wildman–Crippen LogP) is -2.92. The maximum atomic E-state index is 9.29. The van der Waals surface area contributed by atoms with Crippen LogP contribution in [0.4, 0.5) is 0 Å². The van der Waals surface area contributed by atoms with Gasteiger partial charge < -0.3 is 35.0 Å². The lowest BCUT2D eigenvalue weighted by atomic mass is 9.85. The molecule has 0 spiro atoms. The first kappa shape index (κ1) is 15.7. The summed E-state index contributed by atoms with van der Waals surface area (Å²) in [4.78, 5) is 0. The summed E-state index contributed by atoms with van der Waals surface area (Å²) >= 11 is 0. The Hall–Kier alpha value is -0.280. The van der Waals surface area contributed by atoms with E-state index in [2.05, 4.69) is 9.47 Å². The van der Waals surface area contributed by atoms with Crippen LogP contribution in [0.1, 0.15) is 0 Å². The summed E-state index contributed by atoms with van der Waals surface area (Å²) in [6.45, 7) is 0. The highest BCUT2D eigenvalue weighted by atomic mass is 16.5. The highest BCUT2D eigenvalue weighted by Crippen LogP contribution is 2.23. The molecular formula is C9H20O7. The molecule has 0 aromatic heterocycles. The van der Waals surface area contributed by atoms with Gasteiger partial charge in [0.2, 0.25) is 0 Å². The van der Waals surface area contributed by atoms with E-state index in [1.165, 1.54) is 7.11 Å². The van der Waals surface area contributed by atoms with Crippen LogP contribution in [0.25, 0.3) is 0 Å². The van der Waals surface area contributed by atoms with Gasteiger partial charge in [-0.3, -0.25) is 0 Å². The number of aliphatic hydroxyl groups excluding tert-OH is 5. The van der Waals surface area contributed by atoms with Crippen LogP contribution in [0, 0.1) is 0 Å². The molecule has 1 aliphatic rings. The summed E-state index contributed by atoms with van der Waals surface area (Å²) in [5.74, 6) is 0. The van der Waals surface area contributed by atoms with Crippen LogP contribution < -0.4 is 0 Å². The van der Waals surface area contributed by atoms with Gasteiger partial charge in [0.15, 0.2) is 0 Å². The van der Waals surface area contributed by atoms with Gasteiger partial charge in [0.25, 0.3) is 0 Å². The fraction of sp³-hybridized carbons (Fsp3) is 1.00. The zero-order chi connectivity index (χ0) is 12.9. The van der Waals surface area contributed by atoms with Crippen LogP contribution >= 0.6 is 0 Å². The first-order chi connectivity index (χ1) is 7.42. The van der Waals surface area contributed by atoms with Gasteiger partial charge in [-0.25, -0.2) is 0 Å². The molecule has 16 heavy (non-hydrogen) atoms. The Labute approximate surface area is 93.9 Å². The van der Waals surface area contributed by atoms with Crippen LogP contribution in [0.3, 0.4) is 0 Å². The summed E-state index contributed by atoms with van der Waals surface area (Å²) in [5, 5.41) is 46.1. The molecule has 0 aliphatic heterocycles. The second-order valence-corrected chi connectivity index (χ2v) is 3.56. The molecule has 5 N–H and O–H groups in total. The molecule has 1 fully saturated rings. The summed E-state index contributed by atoms with van der Waals surface area (Å²) in [6, 6.07) is 0. The van der Waals surface area contributed by atoms with Crippen LogP contribution in [-0.4, -0.2) is 83.5 Å². The van der Waals surface area contributed by atoms with Crippen molar-refractivity contribution in [3.8, 4) is 0 Å². The minimum Gasteiger partial charge on any atom is -0.388 e. The lowest BCUT2D eigenvalue weighted by Gasteiger charge is -2.40. The minimum atomic E-state index is -1.56. The molecule has 2 unspecified atom stereocenters. The largest absolute Gasteiger partial charge is 0.388 e. The summed E-state index contributed by atoms with van der Waals surface area (Å²) in [6.07, 6.45) is -8.48. The predicted molar refractivity (Wildman–Crippen MR) is 53.8 cm³/mol. The molecule has 7 heteroatoms. The Morgan fingerprint density at radius 1 is 0.625 bits per heavy atom. The topological polar surface area (TPSA) is 120 Å². The van der Waals surface area contributed by atoms with Crippen molar-refractivity contribution in [1.82, 2.24) is 0 Å². The third-order valence-corrected chi connectivity index (χ3v) is 2.35. The van der Waals surface area contributed by atoms with Crippen molar-refractivity contribution >= 4 is 0 Å². The number of methoxy groups -OCH3 is 2. The second kappa shape index (κ2) is 7.13. The van der Waals surface area contributed by atoms with Crippen LogP contribution in [-0.2, 0) is 9.47 Å². The molecule has 1 aliphatic carbocycles. The quantitative estimate of drug-likeness (QED) is 0.333. The third-order valence-electron chi connectivity index (χ3n) is 2.35. The van der Waals surface area contributed by atoms with E-state index in [1.807, 2.05) is 0 Å². The Kier molecular flexibility index (Phi) is 7.00. The van der Waals surface area contributed by atoms with Gasteiger partial charge >= 0.3 is 0 Å². The van der Waals surface area contributed by atoms with E-state index < -0.39 is 36.6 Å². The maximum absolute atomic E-state index is 9.29. The van der Waals surface area contributed by atoms with Crippen molar-refractivity contribution in [1.29, 1.82) is 0 Å². The van der Waals surface area contributed by atoms with Crippen molar-refractivity contribution in [3.05, 3.63) is 0 Å². The van der Waals surface area contributed by atoms with E-state index in [9.17, 15) is 20.4 Å². The fourth-order valence-electron chi connectivity index (χ4n) is 1.48. The zero-order valence-electron chi connectivity index (χ0n) is 9.52. The van der Waals surface area contributed by atoms with E-state index >= 15 is 0 Å². The van der Waals surface area contributed by atoms with Crippen LogP contribution in [0.5, 0.6) is 0 Å². The van der Waals surface area contributed by atoms with Gasteiger partial charge in [0, 0.05) is 21.3 Å². The lowest BCUT2D eigenvalue weighted by molar-refractivity contribution is -0.229. The number of ether oxygens (including phenoxy) is 2. The standard InChI is InChI=1S/C7H14O6.C2H6O/c1-13-7-5(11)3(9)2(8)4(10)6(7)12;1-3-2/h2-12H,1H3;1-2H3/t2?,3-,4-,5-,6+,7?;/m0./s1. The van der Waals surface area contributed by atoms with E-state index in [-0.39, 0.29) is 0 Å². The third kappa shape index (κ3) is 3.36. The molecule has 0 aromatic rings. The lowest BCUT2D eigenvalue weighted by Crippen LogP contribution is -2.64. The Bertz CT molecular complexity index is 173. The Morgan fingerprint density at radius 2 is 0.875 bits per heavy atom. The first-order valence-corrected chi connectivity index (χ1v) is 4.75. The Morgan fingerprint density at radius 3 is 1.12 bits per heavy atom. The van der Waals surface area contributed by atoms with Gasteiger partial charge in [-0.05, 0) is 0 Å². The number of hydrogen-bond acceptors (Lipinski definition) is 7. The molecule has 0 amide bonds. The molecule has 98 valence electrons. The number of aliphatic hydroxyl groups is 5. The molecule has 0 heterocycles. The van der Waals surface area contributed by atoms with Crippen molar-refractivity contribution in [3.63, 3.8) is 0 Å². The fourth-order valence-corrected chi connectivity index (χ4v) is 1.48. The molecular weight excluding hydrogens is 220 g/mol. The van der Waals surface area contributed by atoms with E-state index in [4.69, 9.17) is 5.11 Å². The summed E-state index contributed by atoms with van der Waals surface area (Å²) < 4.78 is 8.92. The van der Waals surface area contributed by atoms with Gasteiger partial charge in [0.05, 0.1) is 0 Å². The normalized spacial score (nSPS) is 43.5. The van der Waals surface area contributed by atoms with Crippen LogP contribution in [0.15, 0.2) is 0 Å². The van der Waals surface area contributed by atoms with E-state index in [0.29, 0.717) is 0 Å². The van der Waals surface area contributed by atoms with E-state index in [0.717, 1.165) is 0 Å². The highest BCUT2D eigenvalue weighted by molar-refractivity contribution is 4.99. The van der Waals surface area contributed by atoms with Gasteiger partial charge in [-0.1, -0.05) is 0 Å². The average Bonchev–Trinajstić information content (AvgIpc) is 2.26. The molecule has 6 atom stereocenters. The van der Waals surface area contributed by atoms with Crippen molar-refractivity contribution < 1.29 is 35.0 Å². The van der Waals surface area contributed by atoms with Crippen molar-refractivity contribution in [2.24, 2.45) is 0 Å². The van der Waals surface area contributed by atoms with Gasteiger partial charge in [-0.15, -0.1) is 0 Å². The molecule has 0 radical (unpaired) electrons. The minimum absolute atomic E-state index is 1.09. The highest BCUT2D eigenvalue weighted by Gasteiger charge is 2.48. The average molecular weight is 240 g/mol. The second-order valence-electron chi connectivity index (χ2n) is 3.56. The summed E-state index contributed by atoms with van der Waals surface area (Å²) in [7, 11) is 4.48. The first-order valence-electron chi connectivity index (χ1n) is 4.75. The van der Waals surface area contributed by atoms with Crippen molar-refractivity contribution in [2.45, 2.75) is 36.6 Å².